The van der Waals surface area contributed by atoms with E-state index in [-0.39, 0.29) is 18.5 Å². The molecule has 2 aromatic carbocycles. The number of aromatic nitrogens is 2. The zero-order valence-electron chi connectivity index (χ0n) is 18.7. The van der Waals surface area contributed by atoms with Crippen LogP contribution in [-0.4, -0.2) is 26.4 Å². The quantitative estimate of drug-likeness (QED) is 0.442. The lowest BCUT2D eigenvalue weighted by Gasteiger charge is -2.34. The molecule has 1 amide bonds. The van der Waals surface area contributed by atoms with Crippen molar-refractivity contribution in [2.75, 3.05) is 0 Å². The maximum atomic E-state index is 13.5. The number of alkyl halides is 3. The van der Waals surface area contributed by atoms with Crippen LogP contribution in [0.2, 0.25) is 0 Å². The van der Waals surface area contributed by atoms with E-state index in [1.54, 1.807) is 18.5 Å². The number of hydrogen-bond donors (Lipinski definition) is 0. The predicted molar refractivity (Wildman–Crippen MR) is 121 cm³/mol. The van der Waals surface area contributed by atoms with Crippen molar-refractivity contribution >= 4 is 5.91 Å². The Morgan fingerprint density at radius 2 is 1.82 bits per heavy atom. The summed E-state index contributed by atoms with van der Waals surface area (Å²) in [7, 11) is 0. The van der Waals surface area contributed by atoms with Gasteiger partial charge in [-0.3, -0.25) is 4.79 Å². The first-order chi connectivity index (χ1) is 15.8. The number of imidazole rings is 1. The summed E-state index contributed by atoms with van der Waals surface area (Å²) in [6.45, 7) is 2.57. The van der Waals surface area contributed by atoms with Gasteiger partial charge < -0.3 is 9.47 Å². The van der Waals surface area contributed by atoms with E-state index in [4.69, 9.17) is 0 Å². The van der Waals surface area contributed by atoms with Crippen molar-refractivity contribution in [1.29, 1.82) is 0 Å². The third-order valence-electron chi connectivity index (χ3n) is 6.30. The number of hydrogen-bond acceptors (Lipinski definition) is 2. The van der Waals surface area contributed by atoms with E-state index in [0.29, 0.717) is 23.5 Å². The van der Waals surface area contributed by atoms with Gasteiger partial charge in [0.25, 0.3) is 5.91 Å². The number of aryl methyl sites for hydroxylation is 1. The molecular formula is C26H28F3N3O. The molecule has 0 spiro atoms. The monoisotopic (exact) mass is 455 g/mol. The number of nitrogens with zero attached hydrogens (tertiary/aromatic N) is 3. The summed E-state index contributed by atoms with van der Waals surface area (Å²) in [5, 5.41) is 0. The zero-order valence-corrected chi connectivity index (χ0v) is 18.7. The first-order valence-corrected chi connectivity index (χ1v) is 11.3. The van der Waals surface area contributed by atoms with Gasteiger partial charge in [-0.05, 0) is 49.6 Å². The maximum Gasteiger partial charge on any atom is 0.416 e. The van der Waals surface area contributed by atoms with Crippen LogP contribution >= 0.6 is 0 Å². The van der Waals surface area contributed by atoms with Crippen LogP contribution in [0.15, 0.2) is 60.9 Å². The maximum absolute atomic E-state index is 13.5. The lowest BCUT2D eigenvalue weighted by atomic mass is 9.93. The minimum Gasteiger partial charge on any atom is -0.329 e. The molecule has 1 aliphatic carbocycles. The van der Waals surface area contributed by atoms with E-state index in [9.17, 15) is 18.0 Å². The fraction of sp³-hybridized carbons (Fsp3) is 0.385. The Morgan fingerprint density at radius 3 is 2.52 bits per heavy atom. The Kier molecular flexibility index (Phi) is 6.86. The fourth-order valence-corrected chi connectivity index (χ4v) is 4.45. The summed E-state index contributed by atoms with van der Waals surface area (Å²) in [4.78, 5) is 19.8. The van der Waals surface area contributed by atoms with E-state index < -0.39 is 11.7 Å². The van der Waals surface area contributed by atoms with Crippen molar-refractivity contribution in [3.05, 3.63) is 89.0 Å². The van der Waals surface area contributed by atoms with Crippen LogP contribution in [0.25, 0.3) is 0 Å². The third kappa shape index (κ3) is 5.64. The van der Waals surface area contributed by atoms with Crippen molar-refractivity contribution in [2.24, 2.45) is 0 Å². The fourth-order valence-electron chi connectivity index (χ4n) is 4.45. The predicted octanol–water partition coefficient (Wildman–Crippen LogP) is 6.23. The molecule has 0 unspecified atom stereocenters. The van der Waals surface area contributed by atoms with Gasteiger partial charge in [0.05, 0.1) is 12.1 Å². The highest BCUT2D eigenvalue weighted by molar-refractivity contribution is 5.94. The van der Waals surface area contributed by atoms with Crippen molar-refractivity contribution in [3.63, 3.8) is 0 Å². The molecule has 1 saturated carbocycles. The lowest BCUT2D eigenvalue weighted by molar-refractivity contribution is -0.137. The van der Waals surface area contributed by atoms with E-state index in [2.05, 4.69) is 4.98 Å². The van der Waals surface area contributed by atoms with Gasteiger partial charge >= 0.3 is 6.18 Å². The summed E-state index contributed by atoms with van der Waals surface area (Å²) >= 11 is 0. The molecule has 174 valence electrons. The molecule has 4 rings (SSSR count). The minimum atomic E-state index is -4.38. The van der Waals surface area contributed by atoms with E-state index >= 15 is 0 Å². The number of rotatable bonds is 6. The van der Waals surface area contributed by atoms with E-state index in [1.807, 2.05) is 40.7 Å². The molecular weight excluding hydrogens is 427 g/mol. The Hall–Kier alpha value is -3.09. The van der Waals surface area contributed by atoms with E-state index in [1.165, 1.54) is 18.6 Å². The van der Waals surface area contributed by atoms with Crippen molar-refractivity contribution < 1.29 is 18.0 Å². The number of carbonyl (C=O) groups excluding carboxylic acids is 1. The van der Waals surface area contributed by atoms with Crippen LogP contribution in [0.5, 0.6) is 0 Å². The second kappa shape index (κ2) is 9.81. The van der Waals surface area contributed by atoms with Crippen LogP contribution in [0, 0.1) is 6.92 Å². The number of carbonyl (C=O) groups is 1. The van der Waals surface area contributed by atoms with Crippen LogP contribution in [-0.2, 0) is 19.3 Å². The molecule has 0 aliphatic heterocycles. The van der Waals surface area contributed by atoms with Crippen LogP contribution in [0.1, 0.15) is 65.0 Å². The Bertz CT molecular complexity index is 1080. The van der Waals surface area contributed by atoms with Crippen molar-refractivity contribution in [2.45, 2.75) is 64.3 Å². The zero-order chi connectivity index (χ0) is 23.4. The third-order valence-corrected chi connectivity index (χ3v) is 6.30. The summed E-state index contributed by atoms with van der Waals surface area (Å²) in [6.07, 6.45) is 4.25. The SMILES string of the molecule is Cc1ccc(C(=O)N(Cc2nccn2Cc2cccc(C(F)(F)F)c2)C2CCCCC2)cc1. The second-order valence-electron chi connectivity index (χ2n) is 8.76. The van der Waals surface area contributed by atoms with E-state index in [0.717, 1.165) is 37.3 Å². The largest absolute Gasteiger partial charge is 0.416 e. The summed E-state index contributed by atoms with van der Waals surface area (Å²) < 4.78 is 41.2. The number of amides is 1. The molecule has 0 atom stereocenters. The minimum absolute atomic E-state index is 0.0319. The smallest absolute Gasteiger partial charge is 0.329 e. The standard InChI is InChI=1S/C26H28F3N3O/c1-19-10-12-21(13-11-19)25(33)32(23-8-3-2-4-9-23)18-24-30-14-15-31(24)17-20-6-5-7-22(16-20)26(27,28)29/h5-7,10-16,23H,2-4,8-9,17-18H2,1H3. The van der Waals surface area contributed by atoms with Gasteiger partial charge in [-0.15, -0.1) is 0 Å². The highest BCUT2D eigenvalue weighted by Gasteiger charge is 2.31. The number of benzene rings is 2. The molecule has 1 aliphatic rings. The molecule has 3 aromatic rings. The first-order valence-electron chi connectivity index (χ1n) is 11.3. The van der Waals surface area contributed by atoms with Gasteiger partial charge in [0.15, 0.2) is 0 Å². The normalized spacial score (nSPS) is 14.9. The van der Waals surface area contributed by atoms with Gasteiger partial charge in [0, 0.05) is 30.5 Å². The molecule has 0 saturated heterocycles. The van der Waals surface area contributed by atoms with Crippen LogP contribution < -0.4 is 0 Å². The molecule has 0 radical (unpaired) electrons. The Morgan fingerprint density at radius 1 is 1.09 bits per heavy atom. The highest BCUT2D eigenvalue weighted by atomic mass is 19.4. The van der Waals surface area contributed by atoms with Gasteiger partial charge in [-0.2, -0.15) is 13.2 Å². The topological polar surface area (TPSA) is 38.1 Å². The van der Waals surface area contributed by atoms with Crippen molar-refractivity contribution in [1.82, 2.24) is 14.5 Å². The Balaban J connectivity index is 1.58. The van der Waals surface area contributed by atoms with Crippen LogP contribution in [0.4, 0.5) is 13.2 Å². The van der Waals surface area contributed by atoms with Crippen LogP contribution in [0.3, 0.4) is 0 Å². The average molecular weight is 456 g/mol. The molecule has 1 heterocycles. The molecule has 1 aromatic heterocycles. The summed E-state index contributed by atoms with van der Waals surface area (Å²) in [5.41, 5.74) is 1.60. The van der Waals surface area contributed by atoms with Gasteiger partial charge in [0.2, 0.25) is 0 Å². The van der Waals surface area contributed by atoms with Gasteiger partial charge in [0.1, 0.15) is 5.82 Å². The molecule has 4 nitrogen and oxygen atoms in total. The molecule has 1 fully saturated rings. The molecule has 7 heteroatoms. The van der Waals surface area contributed by atoms with Crippen molar-refractivity contribution in [3.8, 4) is 0 Å². The van der Waals surface area contributed by atoms with Gasteiger partial charge in [-0.1, -0.05) is 49.1 Å². The summed E-state index contributed by atoms with van der Waals surface area (Å²) in [5.74, 6) is 0.633. The molecule has 0 bridgehead atoms. The Labute approximate surface area is 192 Å². The lowest BCUT2D eigenvalue weighted by Crippen LogP contribution is -2.41. The first kappa shape index (κ1) is 23.1. The number of halogens is 3. The average Bonchev–Trinajstić information content (AvgIpc) is 3.24. The second-order valence-corrected chi connectivity index (χ2v) is 8.76. The molecule has 33 heavy (non-hydrogen) atoms. The summed E-state index contributed by atoms with van der Waals surface area (Å²) in [6, 6.07) is 13.0. The molecule has 0 N–H and O–H groups in total. The van der Waals surface area contributed by atoms with Gasteiger partial charge in [-0.25, -0.2) is 4.98 Å². The highest BCUT2D eigenvalue weighted by Crippen LogP contribution is 2.30.